The molecule has 0 bridgehead atoms. The van der Waals surface area contributed by atoms with Crippen LogP contribution in [-0.2, 0) is 22.4 Å². The molecule has 1 aromatic heterocycles. The lowest BCUT2D eigenvalue weighted by molar-refractivity contribution is -0.110. The summed E-state index contributed by atoms with van der Waals surface area (Å²) in [4.78, 5) is 31.4. The van der Waals surface area contributed by atoms with Gasteiger partial charge in [-0.25, -0.2) is 4.79 Å². The van der Waals surface area contributed by atoms with Gasteiger partial charge < -0.3 is 25.0 Å². The van der Waals surface area contributed by atoms with Crippen LogP contribution in [0.25, 0.3) is 11.6 Å². The van der Waals surface area contributed by atoms with E-state index < -0.39 is 0 Å². The van der Waals surface area contributed by atoms with Crippen molar-refractivity contribution < 1.29 is 19.4 Å². The highest BCUT2D eigenvalue weighted by Gasteiger charge is 2.28. The maximum atomic E-state index is 12.9. The quantitative estimate of drug-likeness (QED) is 0.400. The maximum Gasteiger partial charge on any atom is 0.340 e. The highest BCUT2D eigenvalue weighted by Crippen LogP contribution is 2.37. The Bertz CT molecular complexity index is 1060. The van der Waals surface area contributed by atoms with Gasteiger partial charge in [-0.3, -0.25) is 4.79 Å². The predicted molar refractivity (Wildman–Crippen MR) is 129 cm³/mol. The minimum atomic E-state index is -0.329. The van der Waals surface area contributed by atoms with Crippen molar-refractivity contribution in [1.29, 1.82) is 0 Å². The Morgan fingerprint density at radius 3 is 2.76 bits per heavy atom. The molecule has 33 heavy (non-hydrogen) atoms. The Hall–Kier alpha value is -2.90. The monoisotopic (exact) mass is 451 g/mol. The number of hydrogen-bond acceptors (Lipinski definition) is 5. The number of carbonyl (C=O) groups is 2. The number of anilines is 1. The van der Waals surface area contributed by atoms with Crippen LogP contribution in [0.5, 0.6) is 0 Å². The number of hydrogen-bond donors (Lipinski definition) is 3. The first-order chi connectivity index (χ1) is 16.0. The van der Waals surface area contributed by atoms with Crippen LogP contribution in [0.2, 0.25) is 0 Å². The van der Waals surface area contributed by atoms with Gasteiger partial charge in [-0.15, -0.1) is 0 Å². The number of nitrogens with zero attached hydrogens (tertiary/aromatic N) is 1. The Morgan fingerprint density at radius 1 is 1.24 bits per heavy atom. The lowest BCUT2D eigenvalue weighted by atomic mass is 9.96. The van der Waals surface area contributed by atoms with Crippen LogP contribution < -0.4 is 5.32 Å². The number of aromatic nitrogens is 1. The zero-order chi connectivity index (χ0) is 23.4. The first-order valence-electron chi connectivity index (χ1n) is 11.9. The van der Waals surface area contributed by atoms with E-state index in [4.69, 9.17) is 4.74 Å². The van der Waals surface area contributed by atoms with Gasteiger partial charge >= 0.3 is 5.97 Å². The van der Waals surface area contributed by atoms with E-state index in [-0.39, 0.29) is 18.5 Å². The van der Waals surface area contributed by atoms with Gasteiger partial charge in [0.05, 0.1) is 17.7 Å². The lowest BCUT2D eigenvalue weighted by Crippen LogP contribution is -2.21. The number of H-pyrrole nitrogens is 1. The number of aromatic amines is 1. The number of amides is 1. The fourth-order valence-electron chi connectivity index (χ4n) is 4.99. The van der Waals surface area contributed by atoms with Gasteiger partial charge in [0.15, 0.2) is 0 Å². The standard InChI is InChI=1S/C26H33N3O4/c1-3-33-26(32)23-17(2)27-22(19(23)9-7-14-29-12-4-5-13-29)16-20-24-18(11-15-30)8-6-10-21(24)28-25(20)31/h6,8,10,16,27,30H,3-5,7,9,11-15H2,1-2H3,(H,28,31)/b20-16-. The zero-order valence-corrected chi connectivity index (χ0v) is 19.5. The molecule has 2 aliphatic rings. The normalized spacial score (nSPS) is 16.9. The molecule has 1 aromatic carbocycles. The number of fused-ring (bicyclic) bond motifs is 1. The summed E-state index contributed by atoms with van der Waals surface area (Å²) in [6, 6.07) is 5.69. The second-order valence-electron chi connectivity index (χ2n) is 8.72. The molecule has 2 aromatic rings. The second-order valence-corrected chi connectivity index (χ2v) is 8.72. The fourth-order valence-corrected chi connectivity index (χ4v) is 4.99. The number of likely N-dealkylation sites (tertiary alicyclic amines) is 1. The molecule has 1 fully saturated rings. The third-order valence-electron chi connectivity index (χ3n) is 6.49. The van der Waals surface area contributed by atoms with E-state index in [1.807, 2.05) is 31.2 Å². The second kappa shape index (κ2) is 10.4. The van der Waals surface area contributed by atoms with Crippen LogP contribution in [0.3, 0.4) is 0 Å². The van der Waals surface area contributed by atoms with Gasteiger partial charge in [0, 0.05) is 29.2 Å². The number of carbonyl (C=O) groups excluding carboxylic acids is 2. The molecule has 0 atom stereocenters. The zero-order valence-electron chi connectivity index (χ0n) is 19.5. The van der Waals surface area contributed by atoms with Gasteiger partial charge in [0.1, 0.15) is 0 Å². The van der Waals surface area contributed by atoms with Crippen LogP contribution in [0.4, 0.5) is 5.69 Å². The van der Waals surface area contributed by atoms with Gasteiger partial charge in [0.25, 0.3) is 5.91 Å². The molecule has 3 heterocycles. The third kappa shape index (κ3) is 4.89. The number of benzene rings is 1. The Kier molecular flexibility index (Phi) is 7.30. The number of ether oxygens (including phenoxy) is 1. The number of esters is 1. The van der Waals surface area contributed by atoms with Gasteiger partial charge in [-0.1, -0.05) is 12.1 Å². The fraction of sp³-hybridized carbons (Fsp3) is 0.462. The average molecular weight is 452 g/mol. The van der Waals surface area contributed by atoms with Crippen molar-refractivity contribution in [3.63, 3.8) is 0 Å². The number of aryl methyl sites for hydroxylation is 1. The summed E-state index contributed by atoms with van der Waals surface area (Å²) in [5.41, 5.74) is 6.04. The predicted octanol–water partition coefficient (Wildman–Crippen LogP) is 3.56. The maximum absolute atomic E-state index is 12.9. The highest BCUT2D eigenvalue weighted by molar-refractivity contribution is 6.35. The minimum absolute atomic E-state index is 0.00822. The first-order valence-corrected chi connectivity index (χ1v) is 11.9. The summed E-state index contributed by atoms with van der Waals surface area (Å²) in [6.07, 6.45) is 6.47. The molecule has 1 saturated heterocycles. The summed E-state index contributed by atoms with van der Waals surface area (Å²) in [5, 5.41) is 12.4. The van der Waals surface area contributed by atoms with E-state index in [1.54, 1.807) is 6.92 Å². The Balaban J connectivity index is 1.71. The first kappa shape index (κ1) is 23.3. The van der Waals surface area contributed by atoms with Crippen LogP contribution in [-0.4, -0.2) is 59.7 Å². The van der Waals surface area contributed by atoms with Crippen molar-refractivity contribution in [3.05, 3.63) is 51.8 Å². The van der Waals surface area contributed by atoms with Crippen molar-refractivity contribution in [3.8, 4) is 0 Å². The van der Waals surface area contributed by atoms with E-state index in [9.17, 15) is 14.7 Å². The van der Waals surface area contributed by atoms with Gasteiger partial charge in [-0.05, 0) is 88.9 Å². The summed E-state index contributed by atoms with van der Waals surface area (Å²) in [5.74, 6) is -0.507. The molecule has 1 amide bonds. The van der Waals surface area contributed by atoms with Gasteiger partial charge in [0.2, 0.25) is 0 Å². The van der Waals surface area contributed by atoms with Crippen molar-refractivity contribution >= 4 is 29.2 Å². The summed E-state index contributed by atoms with van der Waals surface area (Å²) in [7, 11) is 0. The van der Waals surface area contributed by atoms with E-state index >= 15 is 0 Å². The molecule has 3 N–H and O–H groups in total. The van der Waals surface area contributed by atoms with Crippen molar-refractivity contribution in [2.75, 3.05) is 38.2 Å². The molecule has 7 heteroatoms. The molecule has 4 rings (SSSR count). The van der Waals surface area contributed by atoms with E-state index in [0.29, 0.717) is 24.2 Å². The van der Waals surface area contributed by atoms with E-state index in [1.165, 1.54) is 12.8 Å². The number of rotatable bonds is 9. The van der Waals surface area contributed by atoms with Crippen LogP contribution >= 0.6 is 0 Å². The highest BCUT2D eigenvalue weighted by atomic mass is 16.5. The minimum Gasteiger partial charge on any atom is -0.462 e. The largest absolute Gasteiger partial charge is 0.462 e. The lowest BCUT2D eigenvalue weighted by Gasteiger charge is -2.14. The molecule has 0 aliphatic carbocycles. The molecular formula is C26H33N3O4. The summed E-state index contributed by atoms with van der Waals surface area (Å²) in [6.45, 7) is 7.27. The van der Waals surface area contributed by atoms with Crippen molar-refractivity contribution in [2.24, 2.45) is 0 Å². The molecule has 0 unspecified atom stereocenters. The molecule has 0 spiro atoms. The molecule has 176 valence electrons. The van der Waals surface area contributed by atoms with Crippen LogP contribution in [0, 0.1) is 6.92 Å². The van der Waals surface area contributed by atoms with E-state index in [2.05, 4.69) is 15.2 Å². The molecule has 0 saturated carbocycles. The smallest absolute Gasteiger partial charge is 0.340 e. The summed E-state index contributed by atoms with van der Waals surface area (Å²) >= 11 is 0. The topological polar surface area (TPSA) is 94.7 Å². The molecule has 2 aliphatic heterocycles. The number of aliphatic hydroxyl groups excluding tert-OH is 1. The SMILES string of the molecule is CCOC(=O)c1c(C)[nH]c(/C=C2\C(=O)Nc3cccc(CCO)c32)c1CCCN1CCCC1. The van der Waals surface area contributed by atoms with Crippen LogP contribution in [0.1, 0.15) is 64.6 Å². The van der Waals surface area contributed by atoms with Crippen LogP contribution in [0.15, 0.2) is 18.2 Å². The molecule has 7 nitrogen and oxygen atoms in total. The molecule has 0 radical (unpaired) electrons. The Morgan fingerprint density at radius 2 is 2.03 bits per heavy atom. The van der Waals surface area contributed by atoms with E-state index in [0.717, 1.165) is 66.2 Å². The summed E-state index contributed by atoms with van der Waals surface area (Å²) < 4.78 is 5.34. The van der Waals surface area contributed by atoms with Crippen molar-refractivity contribution in [1.82, 2.24) is 9.88 Å². The van der Waals surface area contributed by atoms with Crippen molar-refractivity contribution in [2.45, 2.75) is 46.0 Å². The third-order valence-corrected chi connectivity index (χ3v) is 6.49. The number of nitrogens with one attached hydrogen (secondary N) is 2. The van der Waals surface area contributed by atoms with Gasteiger partial charge in [-0.2, -0.15) is 0 Å². The average Bonchev–Trinajstić information content (AvgIpc) is 3.48. The molecular weight excluding hydrogens is 418 g/mol. The number of aliphatic hydroxyl groups is 1. The Labute approximate surface area is 194 Å².